The Kier molecular flexibility index (Phi) is 4.02. The SMILES string of the molecule is CCN1CCCC1CNCc1cccn1C. The zero-order valence-electron chi connectivity index (χ0n) is 10.4. The molecule has 0 saturated carbocycles. The van der Waals surface area contributed by atoms with Gasteiger partial charge in [-0.1, -0.05) is 6.92 Å². The Labute approximate surface area is 98.4 Å². The van der Waals surface area contributed by atoms with Crippen molar-refractivity contribution in [3.8, 4) is 0 Å². The summed E-state index contributed by atoms with van der Waals surface area (Å²) in [6.07, 6.45) is 4.82. The molecule has 0 aromatic carbocycles. The largest absolute Gasteiger partial charge is 0.353 e. The summed E-state index contributed by atoms with van der Waals surface area (Å²) in [5.74, 6) is 0. The van der Waals surface area contributed by atoms with Gasteiger partial charge in [-0.15, -0.1) is 0 Å². The van der Waals surface area contributed by atoms with Gasteiger partial charge in [0.15, 0.2) is 0 Å². The molecular formula is C13H23N3. The van der Waals surface area contributed by atoms with E-state index in [1.165, 1.54) is 31.6 Å². The maximum Gasteiger partial charge on any atom is 0.0359 e. The summed E-state index contributed by atoms with van der Waals surface area (Å²) in [6, 6.07) is 5.04. The third-order valence-corrected chi connectivity index (χ3v) is 3.64. The molecule has 16 heavy (non-hydrogen) atoms. The van der Waals surface area contributed by atoms with Gasteiger partial charge < -0.3 is 9.88 Å². The number of aryl methyl sites for hydroxylation is 1. The van der Waals surface area contributed by atoms with Crippen LogP contribution in [0.5, 0.6) is 0 Å². The van der Waals surface area contributed by atoms with Crippen LogP contribution in [0.3, 0.4) is 0 Å². The van der Waals surface area contributed by atoms with E-state index in [9.17, 15) is 0 Å². The predicted octanol–water partition coefficient (Wildman–Crippen LogP) is 1.60. The third-order valence-electron chi connectivity index (χ3n) is 3.64. The van der Waals surface area contributed by atoms with E-state index in [4.69, 9.17) is 0 Å². The van der Waals surface area contributed by atoms with Gasteiger partial charge in [0.25, 0.3) is 0 Å². The molecule has 1 fully saturated rings. The van der Waals surface area contributed by atoms with E-state index in [1.807, 2.05) is 0 Å². The normalized spacial score (nSPS) is 21.8. The Hall–Kier alpha value is -0.800. The molecule has 1 saturated heterocycles. The van der Waals surface area contributed by atoms with E-state index in [-0.39, 0.29) is 0 Å². The lowest BCUT2D eigenvalue weighted by atomic mass is 10.2. The number of likely N-dealkylation sites (tertiary alicyclic amines) is 1. The smallest absolute Gasteiger partial charge is 0.0359 e. The average molecular weight is 221 g/mol. The second-order valence-electron chi connectivity index (χ2n) is 4.67. The van der Waals surface area contributed by atoms with Gasteiger partial charge in [0.05, 0.1) is 0 Å². The molecule has 1 aliphatic heterocycles. The summed E-state index contributed by atoms with van der Waals surface area (Å²) in [4.78, 5) is 2.58. The van der Waals surface area contributed by atoms with Crippen molar-refractivity contribution in [2.45, 2.75) is 32.4 Å². The molecule has 1 aromatic rings. The zero-order chi connectivity index (χ0) is 11.4. The van der Waals surface area contributed by atoms with Crippen LogP contribution < -0.4 is 5.32 Å². The van der Waals surface area contributed by atoms with Crippen LogP contribution in [0.15, 0.2) is 18.3 Å². The van der Waals surface area contributed by atoms with Crippen molar-refractivity contribution in [1.29, 1.82) is 0 Å². The molecule has 0 spiro atoms. The molecular weight excluding hydrogens is 198 g/mol. The van der Waals surface area contributed by atoms with E-state index in [1.54, 1.807) is 0 Å². The predicted molar refractivity (Wildman–Crippen MR) is 67.4 cm³/mol. The summed E-state index contributed by atoms with van der Waals surface area (Å²) in [5.41, 5.74) is 1.36. The molecule has 0 radical (unpaired) electrons. The average Bonchev–Trinajstić information content (AvgIpc) is 2.88. The van der Waals surface area contributed by atoms with Crippen LogP contribution in [0.4, 0.5) is 0 Å². The van der Waals surface area contributed by atoms with Gasteiger partial charge in [0.2, 0.25) is 0 Å². The maximum atomic E-state index is 3.57. The minimum absolute atomic E-state index is 0.755. The molecule has 1 N–H and O–H groups in total. The van der Waals surface area contributed by atoms with Gasteiger partial charge in [-0.2, -0.15) is 0 Å². The van der Waals surface area contributed by atoms with Gasteiger partial charge in [-0.05, 0) is 38.1 Å². The molecule has 1 aromatic heterocycles. The number of hydrogen-bond donors (Lipinski definition) is 1. The van der Waals surface area contributed by atoms with Crippen LogP contribution in [-0.4, -0.2) is 35.1 Å². The summed E-state index contributed by atoms with van der Waals surface area (Å²) in [6.45, 7) is 6.84. The lowest BCUT2D eigenvalue weighted by Crippen LogP contribution is -2.37. The Morgan fingerprint density at radius 2 is 2.38 bits per heavy atom. The molecule has 3 nitrogen and oxygen atoms in total. The van der Waals surface area contributed by atoms with E-state index in [0.29, 0.717) is 0 Å². The number of aromatic nitrogens is 1. The second kappa shape index (κ2) is 5.51. The number of rotatable bonds is 5. The summed E-state index contributed by atoms with van der Waals surface area (Å²) < 4.78 is 2.18. The molecule has 90 valence electrons. The molecule has 0 aliphatic carbocycles. The second-order valence-corrected chi connectivity index (χ2v) is 4.67. The molecule has 1 unspecified atom stereocenters. The van der Waals surface area contributed by atoms with Crippen molar-refractivity contribution >= 4 is 0 Å². The van der Waals surface area contributed by atoms with Crippen LogP contribution in [0.2, 0.25) is 0 Å². The minimum Gasteiger partial charge on any atom is -0.353 e. The summed E-state index contributed by atoms with van der Waals surface area (Å²) in [5, 5.41) is 3.57. The third kappa shape index (κ3) is 2.66. The molecule has 2 heterocycles. The van der Waals surface area contributed by atoms with Crippen molar-refractivity contribution in [2.75, 3.05) is 19.6 Å². The highest BCUT2D eigenvalue weighted by Gasteiger charge is 2.21. The van der Waals surface area contributed by atoms with Crippen LogP contribution in [0.25, 0.3) is 0 Å². The maximum absolute atomic E-state index is 3.57. The number of nitrogens with one attached hydrogen (secondary N) is 1. The lowest BCUT2D eigenvalue weighted by molar-refractivity contribution is 0.259. The Morgan fingerprint density at radius 1 is 1.50 bits per heavy atom. The van der Waals surface area contributed by atoms with E-state index >= 15 is 0 Å². The number of hydrogen-bond acceptors (Lipinski definition) is 2. The van der Waals surface area contributed by atoms with E-state index in [2.05, 4.69) is 47.1 Å². The monoisotopic (exact) mass is 221 g/mol. The molecule has 1 atom stereocenters. The minimum atomic E-state index is 0.755. The Morgan fingerprint density at radius 3 is 3.06 bits per heavy atom. The van der Waals surface area contributed by atoms with Crippen LogP contribution in [-0.2, 0) is 13.6 Å². The van der Waals surface area contributed by atoms with E-state index in [0.717, 1.165) is 19.1 Å². The van der Waals surface area contributed by atoms with Crippen molar-refractivity contribution in [3.05, 3.63) is 24.0 Å². The number of nitrogens with zero attached hydrogens (tertiary/aromatic N) is 2. The van der Waals surface area contributed by atoms with Gasteiger partial charge in [0, 0.05) is 38.1 Å². The topological polar surface area (TPSA) is 20.2 Å². The van der Waals surface area contributed by atoms with Crippen LogP contribution in [0.1, 0.15) is 25.5 Å². The fourth-order valence-corrected chi connectivity index (χ4v) is 2.59. The van der Waals surface area contributed by atoms with Gasteiger partial charge in [-0.25, -0.2) is 0 Å². The fraction of sp³-hybridized carbons (Fsp3) is 0.692. The van der Waals surface area contributed by atoms with Crippen molar-refractivity contribution in [3.63, 3.8) is 0 Å². The lowest BCUT2D eigenvalue weighted by Gasteiger charge is -2.23. The first-order valence-electron chi connectivity index (χ1n) is 6.36. The van der Waals surface area contributed by atoms with Gasteiger partial charge >= 0.3 is 0 Å². The van der Waals surface area contributed by atoms with Crippen molar-refractivity contribution in [2.24, 2.45) is 7.05 Å². The summed E-state index contributed by atoms with van der Waals surface area (Å²) in [7, 11) is 2.10. The molecule has 1 aliphatic rings. The zero-order valence-corrected chi connectivity index (χ0v) is 10.4. The number of likely N-dealkylation sites (N-methyl/N-ethyl adjacent to an activating group) is 1. The van der Waals surface area contributed by atoms with Crippen molar-refractivity contribution in [1.82, 2.24) is 14.8 Å². The first kappa shape index (κ1) is 11.7. The Bertz CT molecular complexity index is 319. The highest BCUT2D eigenvalue weighted by molar-refractivity contribution is 5.06. The highest BCUT2D eigenvalue weighted by atomic mass is 15.2. The van der Waals surface area contributed by atoms with Crippen LogP contribution >= 0.6 is 0 Å². The first-order valence-corrected chi connectivity index (χ1v) is 6.36. The summed E-state index contributed by atoms with van der Waals surface area (Å²) >= 11 is 0. The fourth-order valence-electron chi connectivity index (χ4n) is 2.59. The first-order chi connectivity index (χ1) is 7.81. The quantitative estimate of drug-likeness (QED) is 0.815. The highest BCUT2D eigenvalue weighted by Crippen LogP contribution is 2.15. The van der Waals surface area contributed by atoms with Gasteiger partial charge in [-0.3, -0.25) is 4.90 Å². The van der Waals surface area contributed by atoms with Crippen molar-refractivity contribution < 1.29 is 0 Å². The standard InChI is InChI=1S/C13H23N3/c1-3-16-9-5-7-13(16)11-14-10-12-6-4-8-15(12)2/h4,6,8,13-14H,3,5,7,9-11H2,1-2H3. The van der Waals surface area contributed by atoms with E-state index < -0.39 is 0 Å². The Balaban J connectivity index is 1.74. The molecule has 2 rings (SSSR count). The molecule has 3 heteroatoms. The van der Waals surface area contributed by atoms with Gasteiger partial charge in [0.1, 0.15) is 0 Å². The molecule has 0 bridgehead atoms. The van der Waals surface area contributed by atoms with Crippen LogP contribution in [0, 0.1) is 0 Å². The molecule has 0 amide bonds.